The molecule has 1 aliphatic heterocycles. The Morgan fingerprint density at radius 1 is 1.18 bits per heavy atom. The maximum atomic E-state index is 4.24. The van der Waals surface area contributed by atoms with E-state index < -0.39 is 0 Å². The molecule has 0 spiro atoms. The molecule has 0 radical (unpaired) electrons. The molecule has 0 amide bonds. The third-order valence-corrected chi connectivity index (χ3v) is 4.59. The molecule has 118 valence electrons. The molecule has 2 aromatic rings. The molecule has 0 unspecified atom stereocenters. The van der Waals surface area contributed by atoms with E-state index in [4.69, 9.17) is 0 Å². The van der Waals surface area contributed by atoms with E-state index in [1.165, 1.54) is 26.2 Å². The molecule has 2 heterocycles. The van der Waals surface area contributed by atoms with Gasteiger partial charge in [-0.05, 0) is 20.4 Å². The molecule has 5 nitrogen and oxygen atoms in total. The van der Waals surface area contributed by atoms with Gasteiger partial charge in [0.05, 0.1) is 6.20 Å². The van der Waals surface area contributed by atoms with Gasteiger partial charge in [-0.25, -0.2) is 0 Å². The largest absolute Gasteiger partial charge is 0.368 e. The molecular weight excluding hydrogens is 274 g/mol. The molecule has 0 saturated carbocycles. The third kappa shape index (κ3) is 3.54. The normalized spacial score (nSPS) is 18.5. The predicted octanol–water partition coefficient (Wildman–Crippen LogP) is 2.07. The zero-order valence-corrected chi connectivity index (χ0v) is 13.5. The fourth-order valence-electron chi connectivity index (χ4n) is 3.00. The van der Waals surface area contributed by atoms with Crippen molar-refractivity contribution in [2.24, 2.45) is 0 Å². The van der Waals surface area contributed by atoms with Crippen molar-refractivity contribution in [3.63, 3.8) is 0 Å². The van der Waals surface area contributed by atoms with E-state index in [9.17, 15) is 0 Å². The monoisotopic (exact) mass is 299 g/mol. The molecule has 1 atom stereocenters. The first-order valence-corrected chi connectivity index (χ1v) is 8.11. The number of aromatic nitrogens is 2. The van der Waals surface area contributed by atoms with Crippen LogP contribution in [0.3, 0.4) is 0 Å². The summed E-state index contributed by atoms with van der Waals surface area (Å²) in [5.41, 5.74) is 0. The summed E-state index contributed by atoms with van der Waals surface area (Å²) >= 11 is 0. The number of piperazine rings is 1. The lowest BCUT2D eigenvalue weighted by Gasteiger charge is -2.36. The highest BCUT2D eigenvalue weighted by Crippen LogP contribution is 2.19. The van der Waals surface area contributed by atoms with Gasteiger partial charge in [-0.15, -0.1) is 5.10 Å². The van der Waals surface area contributed by atoms with E-state index in [-0.39, 0.29) is 0 Å². The smallest absolute Gasteiger partial charge is 0.156 e. The van der Waals surface area contributed by atoms with Gasteiger partial charge in [0.15, 0.2) is 5.82 Å². The number of likely N-dealkylation sites (N-methyl/N-ethyl adjacent to an activating group) is 1. The van der Waals surface area contributed by atoms with Crippen LogP contribution < -0.4 is 5.32 Å². The Kier molecular flexibility index (Phi) is 4.85. The first-order chi connectivity index (χ1) is 10.7. The molecule has 0 aliphatic carbocycles. The van der Waals surface area contributed by atoms with E-state index >= 15 is 0 Å². The average molecular weight is 299 g/mol. The van der Waals surface area contributed by atoms with Gasteiger partial charge in [-0.2, -0.15) is 5.10 Å². The lowest BCUT2D eigenvalue weighted by atomic mass is 10.1. The molecule has 1 fully saturated rings. The Morgan fingerprint density at radius 3 is 2.77 bits per heavy atom. The zero-order chi connectivity index (χ0) is 15.4. The van der Waals surface area contributed by atoms with Gasteiger partial charge in [0.2, 0.25) is 0 Å². The van der Waals surface area contributed by atoms with Crippen LogP contribution in [0.15, 0.2) is 30.5 Å². The second kappa shape index (κ2) is 7.03. The van der Waals surface area contributed by atoms with Crippen LogP contribution in [0.25, 0.3) is 10.8 Å². The lowest BCUT2D eigenvalue weighted by Crippen LogP contribution is -2.48. The van der Waals surface area contributed by atoms with Crippen LogP contribution in [0.4, 0.5) is 5.82 Å². The maximum absolute atomic E-state index is 4.24. The number of anilines is 1. The Labute approximate surface area is 132 Å². The van der Waals surface area contributed by atoms with Crippen LogP contribution in [0.5, 0.6) is 0 Å². The van der Waals surface area contributed by atoms with E-state index in [2.05, 4.69) is 51.4 Å². The lowest BCUT2D eigenvalue weighted by molar-refractivity contribution is 0.116. The fourth-order valence-corrected chi connectivity index (χ4v) is 3.00. The molecule has 1 saturated heterocycles. The van der Waals surface area contributed by atoms with Gasteiger partial charge in [-0.1, -0.05) is 24.3 Å². The molecule has 0 bridgehead atoms. The van der Waals surface area contributed by atoms with Crippen LogP contribution in [0.1, 0.15) is 13.3 Å². The molecule has 5 heteroatoms. The summed E-state index contributed by atoms with van der Waals surface area (Å²) in [4.78, 5) is 4.98. The molecule has 3 rings (SSSR count). The first-order valence-electron chi connectivity index (χ1n) is 8.11. The predicted molar refractivity (Wildman–Crippen MR) is 91.2 cm³/mol. The number of rotatable bonds is 5. The maximum Gasteiger partial charge on any atom is 0.156 e. The summed E-state index contributed by atoms with van der Waals surface area (Å²) in [5.74, 6) is 0.892. The zero-order valence-electron chi connectivity index (χ0n) is 13.5. The molecule has 22 heavy (non-hydrogen) atoms. The Hall–Kier alpha value is -1.72. The second-order valence-electron chi connectivity index (χ2n) is 6.18. The molecule has 1 aromatic heterocycles. The molecule has 1 aliphatic rings. The SMILES string of the molecule is C[C@@H](CCNc1nncc2ccccc12)N1CCN(C)CC1. The van der Waals surface area contributed by atoms with Crippen molar-refractivity contribution in [2.45, 2.75) is 19.4 Å². The van der Waals surface area contributed by atoms with Crippen molar-refractivity contribution in [1.29, 1.82) is 0 Å². The van der Waals surface area contributed by atoms with Gasteiger partial charge >= 0.3 is 0 Å². The van der Waals surface area contributed by atoms with E-state index in [1.807, 2.05) is 18.3 Å². The number of fused-ring (bicyclic) bond motifs is 1. The van der Waals surface area contributed by atoms with E-state index in [0.29, 0.717) is 6.04 Å². The Bertz CT molecular complexity index is 602. The second-order valence-corrected chi connectivity index (χ2v) is 6.18. The number of nitrogens with one attached hydrogen (secondary N) is 1. The first kappa shape index (κ1) is 15.2. The van der Waals surface area contributed by atoms with Crippen molar-refractivity contribution < 1.29 is 0 Å². The topological polar surface area (TPSA) is 44.3 Å². The summed E-state index contributed by atoms with van der Waals surface area (Å²) in [6.07, 6.45) is 2.93. The standard InChI is InChI=1S/C17H25N5/c1-14(22-11-9-21(2)10-12-22)7-8-18-17-16-6-4-3-5-15(16)13-19-20-17/h3-6,13-14H,7-12H2,1-2H3,(H,18,20)/t14-/m0/s1. The van der Waals surface area contributed by atoms with Crippen LogP contribution in [-0.4, -0.2) is 65.8 Å². The van der Waals surface area contributed by atoms with Crippen molar-refractivity contribution in [3.05, 3.63) is 30.5 Å². The quantitative estimate of drug-likeness (QED) is 0.915. The summed E-state index contributed by atoms with van der Waals surface area (Å²) in [7, 11) is 2.20. The fraction of sp³-hybridized carbons (Fsp3) is 0.529. The number of hydrogen-bond acceptors (Lipinski definition) is 5. The third-order valence-electron chi connectivity index (χ3n) is 4.59. The van der Waals surface area contributed by atoms with Gasteiger partial charge in [0.25, 0.3) is 0 Å². The van der Waals surface area contributed by atoms with Crippen molar-refractivity contribution in [3.8, 4) is 0 Å². The Morgan fingerprint density at radius 2 is 1.95 bits per heavy atom. The summed E-state index contributed by atoms with van der Waals surface area (Å²) in [5, 5.41) is 14.1. The van der Waals surface area contributed by atoms with Crippen LogP contribution in [0.2, 0.25) is 0 Å². The number of hydrogen-bond donors (Lipinski definition) is 1. The summed E-state index contributed by atoms with van der Waals surface area (Å²) < 4.78 is 0. The number of benzene rings is 1. The van der Waals surface area contributed by atoms with Crippen molar-refractivity contribution in [2.75, 3.05) is 45.1 Å². The summed E-state index contributed by atoms with van der Waals surface area (Å²) in [6, 6.07) is 8.84. The average Bonchev–Trinajstić information content (AvgIpc) is 2.55. The summed E-state index contributed by atoms with van der Waals surface area (Å²) in [6.45, 7) is 7.94. The molecule has 1 N–H and O–H groups in total. The van der Waals surface area contributed by atoms with Gasteiger partial charge in [0.1, 0.15) is 0 Å². The van der Waals surface area contributed by atoms with E-state index in [0.717, 1.165) is 29.6 Å². The minimum atomic E-state index is 0.601. The number of nitrogens with zero attached hydrogens (tertiary/aromatic N) is 4. The van der Waals surface area contributed by atoms with E-state index in [1.54, 1.807) is 0 Å². The van der Waals surface area contributed by atoms with Gasteiger partial charge in [-0.3, -0.25) is 4.90 Å². The highest BCUT2D eigenvalue weighted by atomic mass is 15.3. The Balaban J connectivity index is 1.54. The van der Waals surface area contributed by atoms with Gasteiger partial charge in [0, 0.05) is 49.5 Å². The van der Waals surface area contributed by atoms with Gasteiger partial charge < -0.3 is 10.2 Å². The minimum Gasteiger partial charge on any atom is -0.368 e. The highest BCUT2D eigenvalue weighted by Gasteiger charge is 2.18. The highest BCUT2D eigenvalue weighted by molar-refractivity contribution is 5.90. The van der Waals surface area contributed by atoms with Crippen LogP contribution in [0, 0.1) is 0 Å². The van der Waals surface area contributed by atoms with Crippen molar-refractivity contribution >= 4 is 16.6 Å². The minimum absolute atomic E-state index is 0.601. The molecular formula is C17H25N5. The van der Waals surface area contributed by atoms with Crippen LogP contribution in [-0.2, 0) is 0 Å². The van der Waals surface area contributed by atoms with Crippen molar-refractivity contribution in [1.82, 2.24) is 20.0 Å². The molecule has 1 aromatic carbocycles. The van der Waals surface area contributed by atoms with Crippen LogP contribution >= 0.6 is 0 Å².